The van der Waals surface area contributed by atoms with Gasteiger partial charge in [0.2, 0.25) is 0 Å². The van der Waals surface area contributed by atoms with E-state index in [1.165, 1.54) is 0 Å². The Hall–Kier alpha value is -1.96. The van der Waals surface area contributed by atoms with Crippen LogP contribution in [0.3, 0.4) is 0 Å². The van der Waals surface area contributed by atoms with Crippen LogP contribution in [0, 0.1) is 3.57 Å². The van der Waals surface area contributed by atoms with Crippen LogP contribution >= 0.6 is 22.6 Å². The molecule has 6 heteroatoms. The number of amides is 1. The first-order valence-corrected chi connectivity index (χ1v) is 9.60. The minimum atomic E-state index is -0.0205. The van der Waals surface area contributed by atoms with E-state index in [0.29, 0.717) is 5.75 Å². The van der Waals surface area contributed by atoms with Crippen molar-refractivity contribution in [3.8, 4) is 17.2 Å². The zero-order valence-electron chi connectivity index (χ0n) is 14.9. The number of halogens is 1. The van der Waals surface area contributed by atoms with Crippen molar-refractivity contribution in [2.75, 3.05) is 27.4 Å². The van der Waals surface area contributed by atoms with Gasteiger partial charge in [-0.2, -0.15) is 0 Å². The number of benzene rings is 2. The van der Waals surface area contributed by atoms with Crippen molar-refractivity contribution in [2.24, 2.45) is 0 Å². The molecule has 1 atom stereocenters. The van der Waals surface area contributed by atoms with Crippen LogP contribution in [0.1, 0.15) is 24.4 Å². The van der Waals surface area contributed by atoms with Crippen molar-refractivity contribution in [1.29, 1.82) is 0 Å². The molecule has 2 aromatic rings. The second-order valence-corrected chi connectivity index (χ2v) is 7.34. The molecule has 0 aromatic heterocycles. The molecule has 26 heavy (non-hydrogen) atoms. The Balaban J connectivity index is 1.73. The molecule has 1 unspecified atom stereocenters. The highest BCUT2D eigenvalue weighted by atomic mass is 127. The fourth-order valence-corrected chi connectivity index (χ4v) is 3.61. The van der Waals surface area contributed by atoms with Gasteiger partial charge in [0.05, 0.1) is 20.3 Å². The highest BCUT2D eigenvalue weighted by Crippen LogP contribution is 2.38. The maximum absolute atomic E-state index is 12.8. The Morgan fingerprint density at radius 1 is 1.12 bits per heavy atom. The van der Waals surface area contributed by atoms with Gasteiger partial charge in [0, 0.05) is 15.7 Å². The van der Waals surface area contributed by atoms with E-state index in [0.717, 1.165) is 40.0 Å². The molecule has 2 aromatic carbocycles. The lowest BCUT2D eigenvalue weighted by Crippen LogP contribution is -2.34. The Kier molecular flexibility index (Phi) is 6.24. The molecule has 1 heterocycles. The lowest BCUT2D eigenvalue weighted by atomic mass is 10.0. The molecule has 1 saturated heterocycles. The van der Waals surface area contributed by atoms with E-state index < -0.39 is 0 Å². The van der Waals surface area contributed by atoms with Crippen LogP contribution in [0.15, 0.2) is 42.5 Å². The SMILES string of the molecule is COc1ccc(OC)c(C2CCCN2C(=O)COc2ccc(I)cc2)c1. The number of likely N-dealkylation sites (tertiary alicyclic amines) is 1. The third kappa shape index (κ3) is 4.23. The average molecular weight is 467 g/mol. The van der Waals surface area contributed by atoms with E-state index in [-0.39, 0.29) is 18.6 Å². The second-order valence-electron chi connectivity index (χ2n) is 6.10. The number of hydrogen-bond acceptors (Lipinski definition) is 4. The van der Waals surface area contributed by atoms with Crippen LogP contribution in [0.4, 0.5) is 0 Å². The number of rotatable bonds is 6. The van der Waals surface area contributed by atoms with Crippen molar-refractivity contribution in [3.05, 3.63) is 51.6 Å². The summed E-state index contributed by atoms with van der Waals surface area (Å²) in [6.07, 6.45) is 1.86. The summed E-state index contributed by atoms with van der Waals surface area (Å²) in [5.74, 6) is 2.22. The van der Waals surface area contributed by atoms with Crippen LogP contribution in [-0.4, -0.2) is 38.2 Å². The van der Waals surface area contributed by atoms with Crippen LogP contribution in [0.25, 0.3) is 0 Å². The molecule has 0 spiro atoms. The highest BCUT2D eigenvalue weighted by Gasteiger charge is 2.32. The van der Waals surface area contributed by atoms with Gasteiger partial charge < -0.3 is 19.1 Å². The molecule has 1 aliphatic heterocycles. The summed E-state index contributed by atoms with van der Waals surface area (Å²) in [6.45, 7) is 0.753. The maximum atomic E-state index is 12.8. The summed E-state index contributed by atoms with van der Waals surface area (Å²) in [5.41, 5.74) is 0.979. The van der Waals surface area contributed by atoms with Gasteiger partial charge in [0.1, 0.15) is 17.2 Å². The Morgan fingerprint density at radius 2 is 1.85 bits per heavy atom. The summed E-state index contributed by atoms with van der Waals surface area (Å²) in [5, 5.41) is 0. The van der Waals surface area contributed by atoms with Gasteiger partial charge in [-0.15, -0.1) is 0 Å². The molecular weight excluding hydrogens is 445 g/mol. The molecule has 0 radical (unpaired) electrons. The molecule has 138 valence electrons. The van der Waals surface area contributed by atoms with E-state index in [1.807, 2.05) is 47.4 Å². The summed E-state index contributed by atoms with van der Waals surface area (Å²) < 4.78 is 17.6. The Labute approximate surface area is 167 Å². The fourth-order valence-electron chi connectivity index (χ4n) is 3.25. The monoisotopic (exact) mass is 467 g/mol. The van der Waals surface area contributed by atoms with Crippen molar-refractivity contribution >= 4 is 28.5 Å². The Bertz CT molecular complexity index is 763. The Morgan fingerprint density at radius 3 is 2.54 bits per heavy atom. The number of ether oxygens (including phenoxy) is 3. The van der Waals surface area contributed by atoms with Crippen molar-refractivity contribution in [1.82, 2.24) is 4.90 Å². The largest absolute Gasteiger partial charge is 0.497 e. The lowest BCUT2D eigenvalue weighted by molar-refractivity contribution is -0.134. The van der Waals surface area contributed by atoms with Crippen molar-refractivity contribution < 1.29 is 19.0 Å². The lowest BCUT2D eigenvalue weighted by Gasteiger charge is -2.26. The summed E-state index contributed by atoms with van der Waals surface area (Å²) in [4.78, 5) is 14.6. The second kappa shape index (κ2) is 8.62. The molecule has 3 rings (SSSR count). The number of carbonyl (C=O) groups is 1. The number of methoxy groups -OCH3 is 2. The van der Waals surface area contributed by atoms with E-state index in [9.17, 15) is 4.79 Å². The smallest absolute Gasteiger partial charge is 0.261 e. The summed E-state index contributed by atoms with van der Waals surface area (Å²) in [7, 11) is 3.28. The quantitative estimate of drug-likeness (QED) is 0.602. The molecular formula is C20H22INO4. The first-order chi connectivity index (χ1) is 12.6. The molecule has 0 N–H and O–H groups in total. The van der Waals surface area contributed by atoms with Gasteiger partial charge in [-0.25, -0.2) is 0 Å². The molecule has 0 bridgehead atoms. The number of hydrogen-bond donors (Lipinski definition) is 0. The fraction of sp³-hybridized carbons (Fsp3) is 0.350. The van der Waals surface area contributed by atoms with Crippen LogP contribution < -0.4 is 14.2 Å². The normalized spacial score (nSPS) is 16.4. The first-order valence-electron chi connectivity index (χ1n) is 8.52. The summed E-state index contributed by atoms with van der Waals surface area (Å²) >= 11 is 2.24. The van der Waals surface area contributed by atoms with Crippen LogP contribution in [0.5, 0.6) is 17.2 Å². The summed E-state index contributed by atoms with van der Waals surface area (Å²) in [6, 6.07) is 13.4. The molecule has 1 fully saturated rings. The molecule has 1 amide bonds. The van der Waals surface area contributed by atoms with E-state index >= 15 is 0 Å². The van der Waals surface area contributed by atoms with E-state index in [2.05, 4.69) is 22.6 Å². The maximum Gasteiger partial charge on any atom is 0.261 e. The van der Waals surface area contributed by atoms with Gasteiger partial charge in [0.15, 0.2) is 6.61 Å². The van der Waals surface area contributed by atoms with Gasteiger partial charge in [-0.1, -0.05) is 0 Å². The predicted molar refractivity (Wildman–Crippen MR) is 108 cm³/mol. The minimum absolute atomic E-state index is 0.0177. The van der Waals surface area contributed by atoms with Crippen molar-refractivity contribution in [2.45, 2.75) is 18.9 Å². The third-order valence-corrected chi connectivity index (χ3v) is 5.26. The first kappa shape index (κ1) is 18.8. The van der Waals surface area contributed by atoms with Crippen molar-refractivity contribution in [3.63, 3.8) is 0 Å². The minimum Gasteiger partial charge on any atom is -0.497 e. The average Bonchev–Trinajstić information content (AvgIpc) is 3.16. The van der Waals surface area contributed by atoms with Gasteiger partial charge in [0.25, 0.3) is 5.91 Å². The zero-order chi connectivity index (χ0) is 18.5. The number of nitrogens with zero attached hydrogens (tertiary/aromatic N) is 1. The van der Waals surface area contributed by atoms with E-state index in [4.69, 9.17) is 14.2 Å². The topological polar surface area (TPSA) is 48.0 Å². The molecule has 0 saturated carbocycles. The van der Waals surface area contributed by atoms with Crippen LogP contribution in [-0.2, 0) is 4.79 Å². The number of carbonyl (C=O) groups excluding carboxylic acids is 1. The third-order valence-electron chi connectivity index (χ3n) is 4.54. The molecule has 5 nitrogen and oxygen atoms in total. The van der Waals surface area contributed by atoms with Gasteiger partial charge >= 0.3 is 0 Å². The zero-order valence-corrected chi connectivity index (χ0v) is 17.1. The van der Waals surface area contributed by atoms with Gasteiger partial charge in [-0.05, 0) is 77.9 Å². The highest BCUT2D eigenvalue weighted by molar-refractivity contribution is 14.1. The standard InChI is InChI=1S/C20H22INO4/c1-24-16-9-10-19(25-2)17(12-16)18-4-3-11-22(18)20(23)13-26-15-7-5-14(21)6-8-15/h5-10,12,18H,3-4,11,13H2,1-2H3. The van der Waals surface area contributed by atoms with Gasteiger partial charge in [-0.3, -0.25) is 4.79 Å². The molecule has 1 aliphatic rings. The van der Waals surface area contributed by atoms with E-state index in [1.54, 1.807) is 14.2 Å². The predicted octanol–water partition coefficient (Wildman–Crippen LogP) is 4.05. The van der Waals surface area contributed by atoms with Crippen LogP contribution in [0.2, 0.25) is 0 Å². The molecule has 0 aliphatic carbocycles.